The van der Waals surface area contributed by atoms with E-state index < -0.39 is 6.04 Å². The predicted octanol–water partition coefficient (Wildman–Crippen LogP) is -0.373. The SMILES string of the molecule is CCOC(=O)[C@@H]1CC(=O)N(C)N1C. The van der Waals surface area contributed by atoms with Crippen molar-refractivity contribution in [2.75, 3.05) is 20.7 Å². The van der Waals surface area contributed by atoms with Gasteiger partial charge in [0.1, 0.15) is 6.04 Å². The molecule has 0 aromatic carbocycles. The van der Waals surface area contributed by atoms with Crippen LogP contribution in [0.5, 0.6) is 0 Å². The summed E-state index contributed by atoms with van der Waals surface area (Å²) in [6.07, 6.45) is 0.214. The molecule has 1 rings (SSSR count). The van der Waals surface area contributed by atoms with Crippen LogP contribution in [0.25, 0.3) is 0 Å². The quantitative estimate of drug-likeness (QED) is 0.552. The van der Waals surface area contributed by atoms with E-state index in [1.807, 2.05) is 0 Å². The Morgan fingerprint density at radius 1 is 1.62 bits per heavy atom. The highest BCUT2D eigenvalue weighted by Crippen LogP contribution is 2.16. The highest BCUT2D eigenvalue weighted by molar-refractivity contribution is 5.87. The number of likely N-dealkylation sites (N-methyl/N-ethyl adjacent to an activating group) is 1. The van der Waals surface area contributed by atoms with E-state index in [-0.39, 0.29) is 18.3 Å². The van der Waals surface area contributed by atoms with E-state index in [0.717, 1.165) is 0 Å². The summed E-state index contributed by atoms with van der Waals surface area (Å²) in [6, 6.07) is -0.447. The van der Waals surface area contributed by atoms with Gasteiger partial charge in [-0.1, -0.05) is 0 Å². The first-order chi connectivity index (χ1) is 6.07. The number of esters is 1. The average molecular weight is 186 g/mol. The first-order valence-corrected chi connectivity index (χ1v) is 4.23. The van der Waals surface area contributed by atoms with Crippen LogP contribution in [-0.2, 0) is 14.3 Å². The van der Waals surface area contributed by atoms with Gasteiger partial charge in [0.2, 0.25) is 5.91 Å². The van der Waals surface area contributed by atoms with E-state index in [0.29, 0.717) is 6.61 Å². The third kappa shape index (κ3) is 1.80. The molecule has 1 fully saturated rings. The van der Waals surface area contributed by atoms with Gasteiger partial charge < -0.3 is 4.74 Å². The molecule has 0 unspecified atom stereocenters. The van der Waals surface area contributed by atoms with Crippen LogP contribution < -0.4 is 0 Å². The minimum absolute atomic E-state index is 0.0550. The number of rotatable bonds is 2. The van der Waals surface area contributed by atoms with Crippen LogP contribution in [0.3, 0.4) is 0 Å². The van der Waals surface area contributed by atoms with Crippen molar-refractivity contribution in [1.82, 2.24) is 10.0 Å². The third-order valence-electron chi connectivity index (χ3n) is 2.21. The molecule has 0 bridgehead atoms. The van der Waals surface area contributed by atoms with Gasteiger partial charge in [0.05, 0.1) is 13.0 Å². The monoisotopic (exact) mass is 186 g/mol. The highest BCUT2D eigenvalue weighted by Gasteiger charge is 2.38. The minimum Gasteiger partial charge on any atom is -0.465 e. The molecular formula is C8H14N2O3. The van der Waals surface area contributed by atoms with Gasteiger partial charge in [-0.15, -0.1) is 0 Å². The van der Waals surface area contributed by atoms with E-state index in [2.05, 4.69) is 0 Å². The molecule has 1 saturated heterocycles. The number of hydrogen-bond acceptors (Lipinski definition) is 4. The predicted molar refractivity (Wildman–Crippen MR) is 45.6 cm³/mol. The zero-order chi connectivity index (χ0) is 10.0. The zero-order valence-corrected chi connectivity index (χ0v) is 8.11. The first kappa shape index (κ1) is 9.98. The Hall–Kier alpha value is -1.10. The first-order valence-electron chi connectivity index (χ1n) is 4.23. The van der Waals surface area contributed by atoms with Crippen LogP contribution in [0, 0.1) is 0 Å². The van der Waals surface area contributed by atoms with Gasteiger partial charge in [0.25, 0.3) is 0 Å². The van der Waals surface area contributed by atoms with Crippen LogP contribution in [0.1, 0.15) is 13.3 Å². The van der Waals surface area contributed by atoms with E-state index in [4.69, 9.17) is 4.74 Å². The smallest absolute Gasteiger partial charge is 0.325 e. The summed E-state index contributed by atoms with van der Waals surface area (Å²) >= 11 is 0. The van der Waals surface area contributed by atoms with Crippen molar-refractivity contribution in [2.45, 2.75) is 19.4 Å². The number of hydrazine groups is 1. The summed E-state index contributed by atoms with van der Waals surface area (Å²) in [6.45, 7) is 2.10. The lowest BCUT2D eigenvalue weighted by molar-refractivity contribution is -0.151. The van der Waals surface area contributed by atoms with E-state index in [9.17, 15) is 9.59 Å². The van der Waals surface area contributed by atoms with Crippen molar-refractivity contribution < 1.29 is 14.3 Å². The molecule has 1 atom stereocenters. The van der Waals surface area contributed by atoms with Gasteiger partial charge in [-0.05, 0) is 6.92 Å². The molecule has 1 heterocycles. The molecule has 13 heavy (non-hydrogen) atoms. The maximum atomic E-state index is 11.3. The van der Waals surface area contributed by atoms with Gasteiger partial charge in [-0.25, -0.2) is 5.01 Å². The van der Waals surface area contributed by atoms with Crippen LogP contribution in [0.4, 0.5) is 0 Å². The van der Waals surface area contributed by atoms with Crippen LogP contribution in [0.2, 0.25) is 0 Å². The molecule has 0 aromatic heterocycles. The fourth-order valence-corrected chi connectivity index (χ4v) is 1.29. The summed E-state index contributed by atoms with van der Waals surface area (Å²) in [4.78, 5) is 22.5. The number of ether oxygens (including phenoxy) is 1. The molecular weight excluding hydrogens is 172 g/mol. The lowest BCUT2D eigenvalue weighted by Crippen LogP contribution is -2.40. The summed E-state index contributed by atoms with van der Waals surface area (Å²) < 4.78 is 4.83. The summed E-state index contributed by atoms with van der Waals surface area (Å²) in [5.74, 6) is -0.386. The van der Waals surface area contributed by atoms with Gasteiger partial charge in [0.15, 0.2) is 0 Å². The maximum Gasteiger partial charge on any atom is 0.325 e. The molecule has 1 aliphatic rings. The van der Waals surface area contributed by atoms with Gasteiger partial charge in [-0.3, -0.25) is 14.6 Å². The molecule has 0 N–H and O–H groups in total. The Morgan fingerprint density at radius 3 is 2.62 bits per heavy atom. The molecule has 0 aromatic rings. The normalized spacial score (nSPS) is 23.8. The molecule has 5 heteroatoms. The molecule has 0 radical (unpaired) electrons. The number of amides is 1. The van der Waals surface area contributed by atoms with Gasteiger partial charge >= 0.3 is 5.97 Å². The summed E-state index contributed by atoms with van der Waals surface area (Å²) in [5, 5.41) is 3.03. The molecule has 74 valence electrons. The van der Waals surface area contributed by atoms with Crippen molar-refractivity contribution >= 4 is 11.9 Å². The average Bonchev–Trinajstić information content (AvgIpc) is 2.33. The Labute approximate surface area is 77.2 Å². The molecule has 1 amide bonds. The van der Waals surface area contributed by atoms with Crippen molar-refractivity contribution in [3.8, 4) is 0 Å². The minimum atomic E-state index is -0.447. The number of nitrogens with zero attached hydrogens (tertiary/aromatic N) is 2. The van der Waals surface area contributed by atoms with E-state index in [1.54, 1.807) is 26.0 Å². The van der Waals surface area contributed by atoms with Gasteiger partial charge in [0, 0.05) is 14.1 Å². The standard InChI is InChI=1S/C8H14N2O3/c1-4-13-8(12)6-5-7(11)10(3)9(6)2/h6H,4-5H2,1-3H3/t6-/m0/s1. The fourth-order valence-electron chi connectivity index (χ4n) is 1.29. The van der Waals surface area contributed by atoms with Crippen molar-refractivity contribution in [2.24, 2.45) is 0 Å². The molecule has 0 aliphatic carbocycles. The molecule has 5 nitrogen and oxygen atoms in total. The van der Waals surface area contributed by atoms with Crippen LogP contribution >= 0.6 is 0 Å². The third-order valence-corrected chi connectivity index (χ3v) is 2.21. The number of hydrogen-bond donors (Lipinski definition) is 0. The second kappa shape index (κ2) is 3.74. The van der Waals surface area contributed by atoms with Crippen molar-refractivity contribution in [3.05, 3.63) is 0 Å². The zero-order valence-electron chi connectivity index (χ0n) is 8.11. The lowest BCUT2D eigenvalue weighted by atomic mass is 10.2. The van der Waals surface area contributed by atoms with E-state index in [1.165, 1.54) is 5.01 Å². The highest BCUT2D eigenvalue weighted by atomic mass is 16.5. The van der Waals surface area contributed by atoms with Crippen molar-refractivity contribution in [1.29, 1.82) is 0 Å². The van der Waals surface area contributed by atoms with Crippen LogP contribution in [0.15, 0.2) is 0 Å². The Balaban J connectivity index is 2.62. The molecule has 0 saturated carbocycles. The van der Waals surface area contributed by atoms with Crippen molar-refractivity contribution in [3.63, 3.8) is 0 Å². The Kier molecular flexibility index (Phi) is 2.87. The maximum absolute atomic E-state index is 11.3. The van der Waals surface area contributed by atoms with E-state index >= 15 is 0 Å². The second-order valence-electron chi connectivity index (χ2n) is 2.96. The topological polar surface area (TPSA) is 49.9 Å². The Morgan fingerprint density at radius 2 is 2.23 bits per heavy atom. The van der Waals surface area contributed by atoms with Crippen LogP contribution in [-0.4, -0.2) is 48.6 Å². The largest absolute Gasteiger partial charge is 0.465 e. The van der Waals surface area contributed by atoms with Gasteiger partial charge in [-0.2, -0.15) is 0 Å². The second-order valence-corrected chi connectivity index (χ2v) is 2.96. The number of carbonyl (C=O) groups is 2. The summed E-state index contributed by atoms with van der Waals surface area (Å²) in [5.41, 5.74) is 0. The molecule has 0 spiro atoms. The Bertz CT molecular complexity index is 229. The summed E-state index contributed by atoms with van der Waals surface area (Å²) in [7, 11) is 3.34. The lowest BCUT2D eigenvalue weighted by Gasteiger charge is -2.22. The fraction of sp³-hybridized carbons (Fsp3) is 0.750. The number of carbonyl (C=O) groups excluding carboxylic acids is 2. The molecule has 1 aliphatic heterocycles.